The molecule has 0 saturated heterocycles. The van der Waals surface area contributed by atoms with Crippen LogP contribution < -0.4 is 0 Å². The van der Waals surface area contributed by atoms with Crippen LogP contribution in [0.4, 0.5) is 4.39 Å². The van der Waals surface area contributed by atoms with Gasteiger partial charge in [-0.15, -0.1) is 0 Å². The molecule has 1 aromatic heterocycles. The smallest absolute Gasteiger partial charge is 0.147 e. The molecule has 0 fully saturated rings. The van der Waals surface area contributed by atoms with Crippen LogP contribution in [0.3, 0.4) is 0 Å². The Morgan fingerprint density at radius 1 is 1.37 bits per heavy atom. The molecular formula is C14H14FN3O. The van der Waals surface area contributed by atoms with Gasteiger partial charge in [-0.3, -0.25) is 0 Å². The molecule has 5 heteroatoms. The van der Waals surface area contributed by atoms with Crippen molar-refractivity contribution in [2.75, 3.05) is 6.61 Å². The van der Waals surface area contributed by atoms with E-state index in [1.807, 2.05) is 6.92 Å². The van der Waals surface area contributed by atoms with E-state index in [-0.39, 0.29) is 12.4 Å². The molecule has 1 N–H and O–H groups in total. The number of nitrogens with zero attached hydrogens (tertiary/aromatic N) is 3. The number of rotatable bonds is 2. The molecule has 0 aliphatic rings. The quantitative estimate of drug-likeness (QED) is 0.830. The molecular weight excluding hydrogens is 245 g/mol. The number of aliphatic hydroxyl groups is 1. The summed E-state index contributed by atoms with van der Waals surface area (Å²) < 4.78 is 15.6. The van der Waals surface area contributed by atoms with E-state index < -0.39 is 0 Å². The summed E-state index contributed by atoms with van der Waals surface area (Å²) in [7, 11) is 0. The summed E-state index contributed by atoms with van der Waals surface area (Å²) in [6.07, 6.45) is 0. The molecule has 0 unspecified atom stereocenters. The first kappa shape index (κ1) is 13.2. The van der Waals surface area contributed by atoms with Crippen molar-refractivity contribution in [1.29, 1.82) is 0 Å². The third-order valence-corrected chi connectivity index (χ3v) is 2.65. The van der Waals surface area contributed by atoms with E-state index >= 15 is 0 Å². The van der Waals surface area contributed by atoms with Gasteiger partial charge in [-0.2, -0.15) is 5.10 Å². The van der Waals surface area contributed by atoms with Gasteiger partial charge in [0.25, 0.3) is 0 Å². The summed E-state index contributed by atoms with van der Waals surface area (Å²) in [4.78, 5) is 4.17. The summed E-state index contributed by atoms with van der Waals surface area (Å²) in [5.41, 5.74) is 1.07. The minimum Gasteiger partial charge on any atom is -0.384 e. The Kier molecular flexibility index (Phi) is 3.93. The SMILES string of the molecule is Cc1nc(C)n(Cc2ccc(C#CCO)cc2F)n1. The fourth-order valence-electron chi connectivity index (χ4n) is 1.77. The van der Waals surface area contributed by atoms with E-state index in [9.17, 15) is 4.39 Å². The Morgan fingerprint density at radius 2 is 2.16 bits per heavy atom. The summed E-state index contributed by atoms with van der Waals surface area (Å²) in [6.45, 7) is 3.74. The Morgan fingerprint density at radius 3 is 2.74 bits per heavy atom. The first-order valence-corrected chi connectivity index (χ1v) is 5.86. The van der Waals surface area contributed by atoms with Crippen molar-refractivity contribution in [3.05, 3.63) is 46.8 Å². The minimum atomic E-state index is -0.336. The highest BCUT2D eigenvalue weighted by Crippen LogP contribution is 2.12. The minimum absolute atomic E-state index is 0.235. The van der Waals surface area contributed by atoms with E-state index in [0.717, 1.165) is 5.82 Å². The summed E-state index contributed by atoms with van der Waals surface area (Å²) in [6, 6.07) is 4.75. The zero-order valence-electron chi connectivity index (χ0n) is 10.8. The molecule has 0 atom stereocenters. The van der Waals surface area contributed by atoms with Gasteiger partial charge in [0.05, 0.1) is 6.54 Å². The van der Waals surface area contributed by atoms with Gasteiger partial charge in [-0.05, 0) is 26.0 Å². The van der Waals surface area contributed by atoms with E-state index in [2.05, 4.69) is 21.9 Å². The maximum Gasteiger partial charge on any atom is 0.147 e. The van der Waals surface area contributed by atoms with Crippen LogP contribution >= 0.6 is 0 Å². The topological polar surface area (TPSA) is 50.9 Å². The molecule has 1 heterocycles. The van der Waals surface area contributed by atoms with Gasteiger partial charge < -0.3 is 5.11 Å². The Balaban J connectivity index is 2.24. The second-order valence-electron chi connectivity index (χ2n) is 4.13. The fourth-order valence-corrected chi connectivity index (χ4v) is 1.77. The molecule has 0 radical (unpaired) electrons. The van der Waals surface area contributed by atoms with Gasteiger partial charge in [0, 0.05) is 11.1 Å². The molecule has 4 nitrogen and oxygen atoms in total. The summed E-state index contributed by atoms with van der Waals surface area (Å²) in [5.74, 6) is 6.24. The van der Waals surface area contributed by atoms with Crippen molar-refractivity contribution >= 4 is 0 Å². The molecule has 2 rings (SSSR count). The first-order chi connectivity index (χ1) is 9.10. The highest BCUT2D eigenvalue weighted by molar-refractivity contribution is 5.37. The van der Waals surface area contributed by atoms with Gasteiger partial charge in [0.2, 0.25) is 0 Å². The predicted molar refractivity (Wildman–Crippen MR) is 69.0 cm³/mol. The molecule has 19 heavy (non-hydrogen) atoms. The molecule has 1 aromatic carbocycles. The van der Waals surface area contributed by atoms with E-state index in [1.54, 1.807) is 23.7 Å². The average Bonchev–Trinajstić information content (AvgIpc) is 2.68. The standard InChI is InChI=1S/C14H14FN3O/c1-10-16-11(2)18(17-10)9-13-6-5-12(4-3-7-19)8-14(13)15/h5-6,8,19H,7,9H2,1-2H3. The zero-order valence-corrected chi connectivity index (χ0v) is 10.8. The van der Waals surface area contributed by atoms with Crippen LogP contribution in [0.25, 0.3) is 0 Å². The fraction of sp³-hybridized carbons (Fsp3) is 0.286. The summed E-state index contributed by atoms with van der Waals surface area (Å²) in [5, 5.41) is 12.8. The zero-order chi connectivity index (χ0) is 13.8. The maximum absolute atomic E-state index is 13.9. The highest BCUT2D eigenvalue weighted by atomic mass is 19.1. The van der Waals surface area contributed by atoms with E-state index in [0.29, 0.717) is 23.5 Å². The molecule has 0 saturated carbocycles. The lowest BCUT2D eigenvalue weighted by Crippen LogP contribution is -2.06. The summed E-state index contributed by atoms with van der Waals surface area (Å²) >= 11 is 0. The van der Waals surface area contributed by atoms with Crippen LogP contribution in [0.1, 0.15) is 22.8 Å². The van der Waals surface area contributed by atoms with Crippen LogP contribution in [-0.4, -0.2) is 26.5 Å². The van der Waals surface area contributed by atoms with Gasteiger partial charge in [0.15, 0.2) is 0 Å². The van der Waals surface area contributed by atoms with Crippen molar-refractivity contribution in [3.8, 4) is 11.8 Å². The van der Waals surface area contributed by atoms with Crippen LogP contribution in [-0.2, 0) is 6.54 Å². The molecule has 0 amide bonds. The number of benzene rings is 1. The lowest BCUT2D eigenvalue weighted by atomic mass is 10.1. The van der Waals surface area contributed by atoms with Gasteiger partial charge in [-0.1, -0.05) is 17.9 Å². The van der Waals surface area contributed by atoms with Crippen molar-refractivity contribution in [3.63, 3.8) is 0 Å². The molecule has 2 aromatic rings. The third kappa shape index (κ3) is 3.18. The van der Waals surface area contributed by atoms with Crippen LogP contribution in [0.2, 0.25) is 0 Å². The van der Waals surface area contributed by atoms with Crippen LogP contribution in [0.5, 0.6) is 0 Å². The van der Waals surface area contributed by atoms with Gasteiger partial charge in [-0.25, -0.2) is 14.1 Å². The van der Waals surface area contributed by atoms with E-state index in [1.165, 1.54) is 6.07 Å². The number of aryl methyl sites for hydroxylation is 2. The molecule has 98 valence electrons. The van der Waals surface area contributed by atoms with Crippen molar-refractivity contribution in [1.82, 2.24) is 14.8 Å². The van der Waals surface area contributed by atoms with Crippen molar-refractivity contribution in [2.24, 2.45) is 0 Å². The largest absolute Gasteiger partial charge is 0.384 e. The second-order valence-corrected chi connectivity index (χ2v) is 4.13. The monoisotopic (exact) mass is 259 g/mol. The Bertz CT molecular complexity index is 652. The number of aromatic nitrogens is 3. The normalized spacial score (nSPS) is 10.1. The number of aliphatic hydroxyl groups excluding tert-OH is 1. The average molecular weight is 259 g/mol. The Hall–Kier alpha value is -2.19. The Labute approximate surface area is 110 Å². The van der Waals surface area contributed by atoms with Crippen LogP contribution in [0, 0.1) is 31.5 Å². The molecule has 0 bridgehead atoms. The molecule has 0 aliphatic heterocycles. The first-order valence-electron chi connectivity index (χ1n) is 5.86. The lowest BCUT2D eigenvalue weighted by Gasteiger charge is -2.05. The van der Waals surface area contributed by atoms with Crippen molar-refractivity contribution < 1.29 is 9.50 Å². The van der Waals surface area contributed by atoms with Crippen LogP contribution in [0.15, 0.2) is 18.2 Å². The van der Waals surface area contributed by atoms with Gasteiger partial charge in [0.1, 0.15) is 24.1 Å². The lowest BCUT2D eigenvalue weighted by molar-refractivity contribution is 0.350. The third-order valence-electron chi connectivity index (χ3n) is 2.65. The molecule has 0 spiro atoms. The molecule has 0 aliphatic carbocycles. The predicted octanol–water partition coefficient (Wildman–Crippen LogP) is 1.43. The maximum atomic E-state index is 13.9. The van der Waals surface area contributed by atoms with E-state index in [4.69, 9.17) is 5.11 Å². The number of halogens is 1. The number of hydrogen-bond donors (Lipinski definition) is 1. The second kappa shape index (κ2) is 5.63. The van der Waals surface area contributed by atoms with Gasteiger partial charge >= 0.3 is 0 Å². The highest BCUT2D eigenvalue weighted by Gasteiger charge is 2.07. The van der Waals surface area contributed by atoms with Crippen molar-refractivity contribution in [2.45, 2.75) is 20.4 Å². The number of hydrogen-bond acceptors (Lipinski definition) is 3.